The van der Waals surface area contributed by atoms with Crippen molar-refractivity contribution in [2.45, 2.75) is 18.9 Å². The first-order chi connectivity index (χ1) is 10.3. The molecule has 1 fully saturated rings. The lowest BCUT2D eigenvalue weighted by Crippen LogP contribution is -2.30. The van der Waals surface area contributed by atoms with E-state index >= 15 is 0 Å². The Balaban J connectivity index is 1.69. The molecule has 112 valence electrons. The Morgan fingerprint density at radius 1 is 1.29 bits per heavy atom. The maximum atomic E-state index is 6.17. The monoisotopic (exact) mass is 288 g/mol. The van der Waals surface area contributed by atoms with Gasteiger partial charge in [-0.1, -0.05) is 5.16 Å². The standard InChI is InChI=1S/C15H20N4O2/c1-20-12-6-4-11(5-7-12)15-17-14(18-21-15)13(16)10-19-8-2-3-9-19/h4-7,13H,2-3,8-10,16H2,1H3. The van der Waals surface area contributed by atoms with Gasteiger partial charge in [-0.2, -0.15) is 4.98 Å². The molecule has 0 spiro atoms. The number of methoxy groups -OCH3 is 1. The molecule has 1 saturated heterocycles. The predicted molar refractivity (Wildman–Crippen MR) is 78.9 cm³/mol. The van der Waals surface area contributed by atoms with Gasteiger partial charge in [0.05, 0.1) is 13.2 Å². The second-order valence-electron chi connectivity index (χ2n) is 5.30. The average Bonchev–Trinajstić information content (AvgIpc) is 3.18. The molecule has 0 radical (unpaired) electrons. The van der Waals surface area contributed by atoms with Crippen molar-refractivity contribution in [3.05, 3.63) is 30.1 Å². The average molecular weight is 288 g/mol. The van der Waals surface area contributed by atoms with Crippen molar-refractivity contribution in [3.63, 3.8) is 0 Å². The maximum Gasteiger partial charge on any atom is 0.257 e. The van der Waals surface area contributed by atoms with Gasteiger partial charge in [0, 0.05) is 12.1 Å². The third kappa shape index (κ3) is 3.22. The van der Waals surface area contributed by atoms with Crippen LogP contribution in [0.3, 0.4) is 0 Å². The largest absolute Gasteiger partial charge is 0.497 e. The van der Waals surface area contributed by atoms with Crippen molar-refractivity contribution in [1.29, 1.82) is 0 Å². The molecule has 0 aliphatic carbocycles. The molecule has 1 aromatic carbocycles. The molecule has 1 aromatic heterocycles. The normalized spacial score (nSPS) is 17.0. The molecule has 1 aliphatic heterocycles. The lowest BCUT2D eigenvalue weighted by Gasteiger charge is -2.17. The number of rotatable bonds is 5. The van der Waals surface area contributed by atoms with E-state index in [4.69, 9.17) is 15.0 Å². The van der Waals surface area contributed by atoms with Crippen molar-refractivity contribution in [1.82, 2.24) is 15.0 Å². The second-order valence-corrected chi connectivity index (χ2v) is 5.30. The minimum atomic E-state index is -0.209. The van der Waals surface area contributed by atoms with E-state index < -0.39 is 0 Å². The van der Waals surface area contributed by atoms with Crippen LogP contribution in [-0.4, -0.2) is 41.8 Å². The minimum Gasteiger partial charge on any atom is -0.497 e. The number of hydrogen-bond acceptors (Lipinski definition) is 6. The van der Waals surface area contributed by atoms with Crippen molar-refractivity contribution >= 4 is 0 Å². The number of ether oxygens (including phenoxy) is 1. The summed E-state index contributed by atoms with van der Waals surface area (Å²) in [4.78, 5) is 6.75. The zero-order valence-electron chi connectivity index (χ0n) is 12.2. The zero-order chi connectivity index (χ0) is 14.7. The molecule has 2 N–H and O–H groups in total. The fourth-order valence-corrected chi connectivity index (χ4v) is 2.56. The summed E-state index contributed by atoms with van der Waals surface area (Å²) in [5.41, 5.74) is 7.03. The summed E-state index contributed by atoms with van der Waals surface area (Å²) in [7, 11) is 1.64. The summed E-state index contributed by atoms with van der Waals surface area (Å²) in [6.07, 6.45) is 2.49. The first-order valence-corrected chi connectivity index (χ1v) is 7.22. The van der Waals surface area contributed by atoms with Gasteiger partial charge in [0.2, 0.25) is 0 Å². The molecular weight excluding hydrogens is 268 g/mol. The van der Waals surface area contributed by atoms with E-state index in [1.165, 1.54) is 12.8 Å². The number of likely N-dealkylation sites (tertiary alicyclic amines) is 1. The molecule has 1 atom stereocenters. The number of benzene rings is 1. The third-order valence-electron chi connectivity index (χ3n) is 3.76. The Morgan fingerprint density at radius 3 is 2.67 bits per heavy atom. The van der Waals surface area contributed by atoms with Gasteiger partial charge in [-0.25, -0.2) is 0 Å². The Labute approximate surface area is 123 Å². The molecule has 2 aromatic rings. The maximum absolute atomic E-state index is 6.17. The van der Waals surface area contributed by atoms with Crippen molar-refractivity contribution in [3.8, 4) is 17.2 Å². The molecule has 1 unspecified atom stereocenters. The Morgan fingerprint density at radius 2 is 2.00 bits per heavy atom. The molecule has 21 heavy (non-hydrogen) atoms. The van der Waals surface area contributed by atoms with E-state index in [0.29, 0.717) is 11.7 Å². The van der Waals surface area contributed by atoms with Gasteiger partial charge in [-0.3, -0.25) is 0 Å². The SMILES string of the molecule is COc1ccc(-c2nc(C(N)CN3CCCC3)no2)cc1. The van der Waals surface area contributed by atoms with Gasteiger partial charge >= 0.3 is 0 Å². The van der Waals surface area contributed by atoms with E-state index in [1.807, 2.05) is 24.3 Å². The van der Waals surface area contributed by atoms with Crippen molar-refractivity contribution in [2.75, 3.05) is 26.7 Å². The molecule has 0 bridgehead atoms. The van der Waals surface area contributed by atoms with Gasteiger partial charge in [0.15, 0.2) is 5.82 Å². The van der Waals surface area contributed by atoms with E-state index in [2.05, 4.69) is 15.0 Å². The van der Waals surface area contributed by atoms with Crippen LogP contribution >= 0.6 is 0 Å². The summed E-state index contributed by atoms with van der Waals surface area (Å²) in [5, 5.41) is 4.01. The van der Waals surface area contributed by atoms with Crippen LogP contribution in [-0.2, 0) is 0 Å². The zero-order valence-corrected chi connectivity index (χ0v) is 12.2. The van der Waals surface area contributed by atoms with E-state index in [1.54, 1.807) is 7.11 Å². The van der Waals surface area contributed by atoms with Crippen LogP contribution in [0.5, 0.6) is 5.75 Å². The third-order valence-corrected chi connectivity index (χ3v) is 3.76. The van der Waals surface area contributed by atoms with Crippen LogP contribution in [0.25, 0.3) is 11.5 Å². The number of hydrogen-bond donors (Lipinski definition) is 1. The molecule has 2 heterocycles. The lowest BCUT2D eigenvalue weighted by molar-refractivity contribution is 0.306. The van der Waals surface area contributed by atoms with Gasteiger partial charge in [-0.15, -0.1) is 0 Å². The molecule has 6 heteroatoms. The topological polar surface area (TPSA) is 77.4 Å². The Bertz CT molecular complexity index is 576. The van der Waals surface area contributed by atoms with E-state index in [9.17, 15) is 0 Å². The summed E-state index contributed by atoms with van der Waals surface area (Å²) < 4.78 is 10.4. The molecule has 3 rings (SSSR count). The van der Waals surface area contributed by atoms with Crippen LogP contribution in [0.2, 0.25) is 0 Å². The highest BCUT2D eigenvalue weighted by atomic mass is 16.5. The van der Waals surface area contributed by atoms with E-state index in [-0.39, 0.29) is 6.04 Å². The first kappa shape index (κ1) is 14.0. The molecule has 0 saturated carbocycles. The minimum absolute atomic E-state index is 0.209. The molecular formula is C15H20N4O2. The smallest absolute Gasteiger partial charge is 0.257 e. The molecule has 6 nitrogen and oxygen atoms in total. The fourth-order valence-electron chi connectivity index (χ4n) is 2.56. The van der Waals surface area contributed by atoms with Gasteiger partial charge in [-0.05, 0) is 50.2 Å². The number of nitrogens with two attached hydrogens (primary N) is 1. The van der Waals surface area contributed by atoms with Gasteiger partial charge in [0.1, 0.15) is 5.75 Å². The number of nitrogens with zero attached hydrogens (tertiary/aromatic N) is 3. The Kier molecular flexibility index (Phi) is 4.17. The second kappa shape index (κ2) is 6.24. The van der Waals surface area contributed by atoms with Crippen LogP contribution < -0.4 is 10.5 Å². The summed E-state index contributed by atoms with van der Waals surface area (Å²) in [5.74, 6) is 1.85. The summed E-state index contributed by atoms with van der Waals surface area (Å²) in [6.45, 7) is 3.00. The molecule has 0 amide bonds. The molecule has 1 aliphatic rings. The van der Waals surface area contributed by atoms with Crippen LogP contribution in [0.4, 0.5) is 0 Å². The first-order valence-electron chi connectivity index (χ1n) is 7.22. The predicted octanol–water partition coefficient (Wildman–Crippen LogP) is 1.84. The van der Waals surface area contributed by atoms with Crippen LogP contribution in [0, 0.1) is 0 Å². The summed E-state index contributed by atoms with van der Waals surface area (Å²) >= 11 is 0. The van der Waals surface area contributed by atoms with Crippen LogP contribution in [0.1, 0.15) is 24.7 Å². The highest BCUT2D eigenvalue weighted by Crippen LogP contribution is 2.22. The van der Waals surface area contributed by atoms with Gasteiger partial charge in [0.25, 0.3) is 5.89 Å². The number of aromatic nitrogens is 2. The fraction of sp³-hybridized carbons (Fsp3) is 0.467. The Hall–Kier alpha value is -1.92. The summed E-state index contributed by atoms with van der Waals surface area (Å²) in [6, 6.07) is 7.30. The van der Waals surface area contributed by atoms with E-state index in [0.717, 1.165) is 30.9 Å². The lowest BCUT2D eigenvalue weighted by atomic mass is 10.2. The quantitative estimate of drug-likeness (QED) is 0.904. The highest BCUT2D eigenvalue weighted by molar-refractivity contribution is 5.54. The van der Waals surface area contributed by atoms with Crippen molar-refractivity contribution < 1.29 is 9.26 Å². The van der Waals surface area contributed by atoms with Crippen LogP contribution in [0.15, 0.2) is 28.8 Å². The van der Waals surface area contributed by atoms with Gasteiger partial charge < -0.3 is 19.9 Å². The van der Waals surface area contributed by atoms with Crippen molar-refractivity contribution in [2.24, 2.45) is 5.73 Å². The highest BCUT2D eigenvalue weighted by Gasteiger charge is 2.20.